The van der Waals surface area contributed by atoms with E-state index in [0.717, 1.165) is 55.9 Å². The van der Waals surface area contributed by atoms with Crippen LogP contribution >= 0.6 is 39.9 Å². The molecule has 2 rings (SSSR count). The van der Waals surface area contributed by atoms with Crippen molar-refractivity contribution >= 4 is 51.8 Å². The number of halogens is 2. The Bertz CT molecular complexity index is 634. The highest BCUT2D eigenvalue weighted by Gasteiger charge is 2.26. The molecule has 1 fully saturated rings. The molecule has 0 bridgehead atoms. The summed E-state index contributed by atoms with van der Waals surface area (Å²) < 4.78 is 3.21. The van der Waals surface area contributed by atoms with Gasteiger partial charge in [0.25, 0.3) is 0 Å². The number of amides is 1. The van der Waals surface area contributed by atoms with Gasteiger partial charge in [-0.1, -0.05) is 6.92 Å². The molecule has 27 heavy (non-hydrogen) atoms. The fourth-order valence-corrected chi connectivity index (χ4v) is 4.04. The molecule has 0 saturated carbocycles. The SMILES string of the molecule is CCNC(=NCCC(CC)N1CCCC1=O)N(C)Cc1cc(Br)cn1C.I. The van der Waals surface area contributed by atoms with Gasteiger partial charge < -0.3 is 19.7 Å². The van der Waals surface area contributed by atoms with Crippen molar-refractivity contribution in [2.24, 2.45) is 12.0 Å². The topological polar surface area (TPSA) is 52.9 Å². The number of aryl methyl sites for hydroxylation is 1. The van der Waals surface area contributed by atoms with Crippen LogP contribution in [0, 0.1) is 0 Å². The minimum absolute atomic E-state index is 0. The first-order chi connectivity index (χ1) is 12.5. The highest BCUT2D eigenvalue weighted by Crippen LogP contribution is 2.18. The number of nitrogens with one attached hydrogen (secondary N) is 1. The number of hydrogen-bond acceptors (Lipinski definition) is 2. The lowest BCUT2D eigenvalue weighted by molar-refractivity contribution is -0.129. The Morgan fingerprint density at radius 1 is 1.44 bits per heavy atom. The number of aliphatic imine (C=N–C) groups is 1. The molecule has 8 heteroatoms. The zero-order chi connectivity index (χ0) is 19.1. The Morgan fingerprint density at radius 3 is 2.70 bits per heavy atom. The van der Waals surface area contributed by atoms with E-state index in [4.69, 9.17) is 4.99 Å². The maximum atomic E-state index is 12.0. The maximum Gasteiger partial charge on any atom is 0.222 e. The van der Waals surface area contributed by atoms with E-state index in [1.165, 1.54) is 5.69 Å². The first-order valence-corrected chi connectivity index (χ1v) is 10.3. The molecule has 1 unspecified atom stereocenters. The number of guanidine groups is 1. The van der Waals surface area contributed by atoms with Crippen molar-refractivity contribution in [3.63, 3.8) is 0 Å². The number of likely N-dealkylation sites (tertiary alicyclic amines) is 1. The average Bonchev–Trinajstić information content (AvgIpc) is 3.15. The quantitative estimate of drug-likeness (QED) is 0.304. The van der Waals surface area contributed by atoms with Gasteiger partial charge in [0.2, 0.25) is 5.91 Å². The van der Waals surface area contributed by atoms with Crippen LogP contribution in [0.15, 0.2) is 21.7 Å². The third-order valence-corrected chi connectivity index (χ3v) is 5.35. The van der Waals surface area contributed by atoms with Crippen molar-refractivity contribution in [3.8, 4) is 0 Å². The van der Waals surface area contributed by atoms with E-state index in [1.54, 1.807) is 0 Å². The summed E-state index contributed by atoms with van der Waals surface area (Å²) in [5.41, 5.74) is 1.22. The lowest BCUT2D eigenvalue weighted by Gasteiger charge is -2.27. The largest absolute Gasteiger partial charge is 0.357 e. The van der Waals surface area contributed by atoms with Gasteiger partial charge in [-0.05, 0) is 48.2 Å². The monoisotopic (exact) mass is 553 g/mol. The molecule has 1 aliphatic heterocycles. The Labute approximate surface area is 188 Å². The summed E-state index contributed by atoms with van der Waals surface area (Å²) in [5, 5.41) is 3.37. The highest BCUT2D eigenvalue weighted by molar-refractivity contribution is 14.0. The predicted molar refractivity (Wildman–Crippen MR) is 126 cm³/mol. The molecule has 1 amide bonds. The van der Waals surface area contributed by atoms with Crippen LogP contribution in [0.2, 0.25) is 0 Å². The van der Waals surface area contributed by atoms with E-state index in [2.05, 4.69) is 70.9 Å². The number of carbonyl (C=O) groups is 1. The first-order valence-electron chi connectivity index (χ1n) is 9.55. The number of rotatable bonds is 8. The van der Waals surface area contributed by atoms with E-state index >= 15 is 0 Å². The van der Waals surface area contributed by atoms with E-state index in [0.29, 0.717) is 18.4 Å². The molecule has 0 radical (unpaired) electrons. The first kappa shape index (κ1) is 24.3. The zero-order valence-electron chi connectivity index (χ0n) is 16.9. The second kappa shape index (κ2) is 11.9. The molecule has 1 N–H and O–H groups in total. The van der Waals surface area contributed by atoms with E-state index < -0.39 is 0 Å². The van der Waals surface area contributed by atoms with E-state index in [9.17, 15) is 4.79 Å². The number of carbonyl (C=O) groups excluding carboxylic acids is 1. The van der Waals surface area contributed by atoms with Crippen LogP contribution in [0.1, 0.15) is 45.2 Å². The third kappa shape index (κ3) is 6.96. The lowest BCUT2D eigenvalue weighted by Crippen LogP contribution is -2.39. The molecule has 1 aromatic heterocycles. The molecular weight excluding hydrogens is 521 g/mol. The summed E-state index contributed by atoms with van der Waals surface area (Å²) in [6.07, 6.45) is 5.67. The van der Waals surface area contributed by atoms with Gasteiger partial charge in [0.05, 0.1) is 6.54 Å². The molecule has 1 aromatic rings. The summed E-state index contributed by atoms with van der Waals surface area (Å²) in [6.45, 7) is 7.50. The van der Waals surface area contributed by atoms with E-state index in [-0.39, 0.29) is 24.0 Å². The van der Waals surface area contributed by atoms with E-state index in [1.807, 2.05) is 4.90 Å². The Kier molecular flexibility index (Phi) is 10.7. The van der Waals surface area contributed by atoms with Gasteiger partial charge in [-0.3, -0.25) is 9.79 Å². The molecule has 2 heterocycles. The van der Waals surface area contributed by atoms with Crippen LogP contribution in [0.5, 0.6) is 0 Å². The molecule has 1 atom stereocenters. The van der Waals surface area contributed by atoms with Crippen molar-refractivity contribution in [2.75, 3.05) is 26.7 Å². The van der Waals surface area contributed by atoms with Gasteiger partial charge in [0, 0.05) is 62.6 Å². The summed E-state index contributed by atoms with van der Waals surface area (Å²) in [7, 11) is 4.11. The Morgan fingerprint density at radius 2 is 2.19 bits per heavy atom. The molecule has 0 aliphatic carbocycles. The lowest BCUT2D eigenvalue weighted by atomic mass is 10.1. The van der Waals surface area contributed by atoms with Crippen molar-refractivity contribution in [1.29, 1.82) is 0 Å². The van der Waals surface area contributed by atoms with Gasteiger partial charge in [-0.2, -0.15) is 0 Å². The average molecular weight is 554 g/mol. The van der Waals surface area contributed by atoms with Crippen molar-refractivity contribution in [1.82, 2.24) is 19.7 Å². The number of hydrogen-bond donors (Lipinski definition) is 1. The van der Waals surface area contributed by atoms with Gasteiger partial charge in [0.1, 0.15) is 0 Å². The molecule has 6 nitrogen and oxygen atoms in total. The van der Waals surface area contributed by atoms with Crippen LogP contribution in [-0.4, -0.2) is 59.0 Å². The molecular formula is C19H33BrIN5O. The van der Waals surface area contributed by atoms with Gasteiger partial charge in [-0.15, -0.1) is 24.0 Å². The minimum atomic E-state index is 0. The van der Waals surface area contributed by atoms with Crippen LogP contribution in [-0.2, 0) is 18.4 Å². The second-order valence-corrected chi connectivity index (χ2v) is 7.81. The summed E-state index contributed by atoms with van der Waals surface area (Å²) in [6, 6.07) is 2.44. The van der Waals surface area contributed by atoms with Crippen LogP contribution in [0.4, 0.5) is 0 Å². The molecule has 0 aromatic carbocycles. The third-order valence-electron chi connectivity index (χ3n) is 4.92. The van der Waals surface area contributed by atoms with Gasteiger partial charge in [0.15, 0.2) is 5.96 Å². The van der Waals surface area contributed by atoms with Crippen LogP contribution in [0.3, 0.4) is 0 Å². The smallest absolute Gasteiger partial charge is 0.222 e. The summed E-state index contributed by atoms with van der Waals surface area (Å²) >= 11 is 3.53. The summed E-state index contributed by atoms with van der Waals surface area (Å²) in [5.74, 6) is 1.21. The van der Waals surface area contributed by atoms with Crippen molar-refractivity contribution in [3.05, 3.63) is 22.4 Å². The van der Waals surface area contributed by atoms with Crippen molar-refractivity contribution in [2.45, 2.75) is 52.1 Å². The fourth-order valence-electron chi connectivity index (χ4n) is 3.47. The molecule has 0 spiro atoms. The maximum absolute atomic E-state index is 12.0. The fraction of sp³-hybridized carbons (Fsp3) is 0.684. The van der Waals surface area contributed by atoms with Crippen molar-refractivity contribution < 1.29 is 4.79 Å². The standard InChI is InChI=1S/C19H32BrN5O.HI/c1-5-16(25-11-7-8-18(25)26)9-10-22-19(21-6-2)24(4)14-17-12-15(20)13-23(17)3;/h12-13,16H,5-11,14H2,1-4H3,(H,21,22);1H. The molecule has 1 aliphatic rings. The normalized spacial score (nSPS) is 15.7. The molecule has 154 valence electrons. The van der Waals surface area contributed by atoms with Crippen LogP contribution in [0.25, 0.3) is 0 Å². The Balaban J connectivity index is 0.00000364. The highest BCUT2D eigenvalue weighted by atomic mass is 127. The number of aromatic nitrogens is 1. The zero-order valence-corrected chi connectivity index (χ0v) is 20.8. The van der Waals surface area contributed by atoms with Crippen LogP contribution < -0.4 is 5.32 Å². The predicted octanol–water partition coefficient (Wildman–Crippen LogP) is 3.59. The Hall–Kier alpha value is -0.770. The van der Waals surface area contributed by atoms with Gasteiger partial charge in [-0.25, -0.2) is 0 Å². The minimum Gasteiger partial charge on any atom is -0.357 e. The summed E-state index contributed by atoms with van der Waals surface area (Å²) in [4.78, 5) is 21.0. The second-order valence-electron chi connectivity index (χ2n) is 6.89. The molecule has 1 saturated heterocycles. The van der Waals surface area contributed by atoms with Gasteiger partial charge >= 0.3 is 0 Å². The number of nitrogens with zero attached hydrogens (tertiary/aromatic N) is 4.